The van der Waals surface area contributed by atoms with Crippen LogP contribution in [-0.2, 0) is 14.8 Å². The number of carbonyl (C=O) groups is 2. The van der Waals surface area contributed by atoms with Crippen LogP contribution in [-0.4, -0.2) is 55.9 Å². The van der Waals surface area contributed by atoms with Crippen molar-refractivity contribution in [1.29, 1.82) is 0 Å². The van der Waals surface area contributed by atoms with E-state index >= 15 is 0 Å². The predicted molar refractivity (Wildman–Crippen MR) is 120 cm³/mol. The monoisotopic (exact) mass is 454 g/mol. The molecule has 9 nitrogen and oxygen atoms in total. The molecule has 1 fully saturated rings. The Bertz CT molecular complexity index is 888. The van der Waals surface area contributed by atoms with E-state index in [9.17, 15) is 18.0 Å². The highest BCUT2D eigenvalue weighted by Crippen LogP contribution is 2.30. The summed E-state index contributed by atoms with van der Waals surface area (Å²) in [5.41, 5.74) is -0.106. The van der Waals surface area contributed by atoms with Gasteiger partial charge in [0.05, 0.1) is 23.2 Å². The van der Waals surface area contributed by atoms with Crippen molar-refractivity contribution >= 4 is 27.6 Å². The standard InChI is InChI=1S/C21H34N4O5S/c1-15(2)30-18-10-9-16(31(28,29)25-11-7-6-8-12-25)13-17(18)22-14-19(26)23-20(27)24-21(3,4)5/h9-10,13,15,22H,6-8,11-12,14H2,1-5H3,(H2,23,24,26,27). The fourth-order valence-electron chi connectivity index (χ4n) is 3.14. The molecule has 1 aromatic carbocycles. The number of carbonyl (C=O) groups excluding carboxylic acids is 2. The van der Waals surface area contributed by atoms with Crippen LogP contribution in [0.15, 0.2) is 23.1 Å². The number of ether oxygens (including phenoxy) is 1. The van der Waals surface area contributed by atoms with Crippen LogP contribution >= 0.6 is 0 Å². The van der Waals surface area contributed by atoms with Crippen LogP contribution < -0.4 is 20.7 Å². The van der Waals surface area contributed by atoms with Gasteiger partial charge in [0, 0.05) is 18.6 Å². The summed E-state index contributed by atoms with van der Waals surface area (Å²) in [6.45, 7) is 9.90. The number of nitrogens with one attached hydrogen (secondary N) is 3. The highest BCUT2D eigenvalue weighted by molar-refractivity contribution is 7.89. The number of benzene rings is 1. The van der Waals surface area contributed by atoms with Crippen molar-refractivity contribution in [3.63, 3.8) is 0 Å². The molecule has 0 aromatic heterocycles. The summed E-state index contributed by atoms with van der Waals surface area (Å²) in [6.07, 6.45) is 2.57. The molecule has 1 aliphatic rings. The van der Waals surface area contributed by atoms with Gasteiger partial charge in [0.1, 0.15) is 5.75 Å². The zero-order chi connectivity index (χ0) is 23.2. The van der Waals surface area contributed by atoms with Gasteiger partial charge >= 0.3 is 6.03 Å². The topological polar surface area (TPSA) is 117 Å². The molecule has 3 N–H and O–H groups in total. The van der Waals surface area contributed by atoms with Crippen molar-refractivity contribution in [2.24, 2.45) is 0 Å². The third-order valence-electron chi connectivity index (χ3n) is 4.45. The second-order valence-electron chi connectivity index (χ2n) is 8.90. The SMILES string of the molecule is CC(C)Oc1ccc(S(=O)(=O)N2CCCCC2)cc1NCC(=O)NC(=O)NC(C)(C)C. The molecule has 0 radical (unpaired) electrons. The summed E-state index contributed by atoms with van der Waals surface area (Å²) in [6, 6.07) is 3.98. The van der Waals surface area contributed by atoms with Crippen molar-refractivity contribution in [3.05, 3.63) is 18.2 Å². The zero-order valence-corrected chi connectivity index (χ0v) is 19.8. The van der Waals surface area contributed by atoms with E-state index in [4.69, 9.17) is 4.74 Å². The lowest BCUT2D eigenvalue weighted by molar-refractivity contribution is -0.118. The Hall–Kier alpha value is -2.33. The maximum absolute atomic E-state index is 13.0. The van der Waals surface area contributed by atoms with E-state index in [1.54, 1.807) is 26.8 Å². The van der Waals surface area contributed by atoms with Crippen molar-refractivity contribution in [3.8, 4) is 5.75 Å². The second-order valence-corrected chi connectivity index (χ2v) is 10.8. The summed E-state index contributed by atoms with van der Waals surface area (Å²) in [4.78, 5) is 24.2. The molecule has 1 heterocycles. The molecule has 0 aliphatic carbocycles. The Labute approximate surface area is 185 Å². The molecule has 1 saturated heterocycles. The van der Waals surface area contributed by atoms with Gasteiger partial charge in [-0.15, -0.1) is 0 Å². The highest BCUT2D eigenvalue weighted by Gasteiger charge is 2.27. The fourth-order valence-corrected chi connectivity index (χ4v) is 4.68. The molecule has 0 unspecified atom stereocenters. The quantitative estimate of drug-likeness (QED) is 0.583. The minimum atomic E-state index is -3.63. The van der Waals surface area contributed by atoms with Gasteiger partial charge in [-0.1, -0.05) is 6.42 Å². The molecule has 3 amide bonds. The van der Waals surface area contributed by atoms with E-state index in [0.717, 1.165) is 19.3 Å². The number of hydrogen-bond donors (Lipinski definition) is 3. The molecule has 1 aliphatic heterocycles. The molecule has 1 aromatic rings. The summed E-state index contributed by atoms with van der Waals surface area (Å²) in [7, 11) is -3.63. The Kier molecular flexibility index (Phi) is 8.30. The second kappa shape index (κ2) is 10.3. The van der Waals surface area contributed by atoms with Gasteiger partial charge in [-0.05, 0) is 65.7 Å². The van der Waals surface area contributed by atoms with Crippen molar-refractivity contribution < 1.29 is 22.7 Å². The molecular formula is C21H34N4O5S. The highest BCUT2D eigenvalue weighted by atomic mass is 32.2. The minimum Gasteiger partial charge on any atom is -0.489 e. The maximum Gasteiger partial charge on any atom is 0.321 e. The molecule has 0 atom stereocenters. The summed E-state index contributed by atoms with van der Waals surface area (Å²) in [5, 5.41) is 7.79. The molecule has 174 valence electrons. The van der Waals surface area contributed by atoms with Crippen LogP contribution in [0.4, 0.5) is 10.5 Å². The van der Waals surface area contributed by atoms with Crippen LogP contribution in [0.5, 0.6) is 5.75 Å². The van der Waals surface area contributed by atoms with Crippen LogP contribution in [0.25, 0.3) is 0 Å². The van der Waals surface area contributed by atoms with Gasteiger partial charge < -0.3 is 15.4 Å². The molecule has 0 bridgehead atoms. The van der Waals surface area contributed by atoms with E-state index in [-0.39, 0.29) is 17.5 Å². The normalized spacial score (nSPS) is 15.4. The average molecular weight is 455 g/mol. The largest absolute Gasteiger partial charge is 0.489 e. The number of rotatable bonds is 7. The number of nitrogens with zero attached hydrogens (tertiary/aromatic N) is 1. The van der Waals surface area contributed by atoms with Gasteiger partial charge in [0.25, 0.3) is 0 Å². The maximum atomic E-state index is 13.0. The summed E-state index contributed by atoms with van der Waals surface area (Å²) < 4.78 is 33.3. The minimum absolute atomic E-state index is 0.138. The fraction of sp³-hybridized carbons (Fsp3) is 0.619. The molecule has 10 heteroatoms. The van der Waals surface area contributed by atoms with Crippen molar-refractivity contribution in [2.75, 3.05) is 25.0 Å². The smallest absolute Gasteiger partial charge is 0.321 e. The van der Waals surface area contributed by atoms with E-state index < -0.39 is 27.5 Å². The van der Waals surface area contributed by atoms with Gasteiger partial charge in [0.2, 0.25) is 15.9 Å². The molecule has 31 heavy (non-hydrogen) atoms. The van der Waals surface area contributed by atoms with Crippen LogP contribution in [0.3, 0.4) is 0 Å². The first-order valence-electron chi connectivity index (χ1n) is 10.6. The van der Waals surface area contributed by atoms with Crippen LogP contribution in [0, 0.1) is 0 Å². The number of sulfonamides is 1. The lowest BCUT2D eigenvalue weighted by Gasteiger charge is -2.26. The lowest BCUT2D eigenvalue weighted by atomic mass is 10.1. The van der Waals surface area contributed by atoms with Crippen molar-refractivity contribution in [1.82, 2.24) is 14.9 Å². The molecule has 2 rings (SSSR count). The molecule has 0 saturated carbocycles. The van der Waals surface area contributed by atoms with Gasteiger partial charge in [-0.25, -0.2) is 13.2 Å². The number of hydrogen-bond acceptors (Lipinski definition) is 6. The number of piperidine rings is 1. The van der Waals surface area contributed by atoms with Gasteiger partial charge in [-0.2, -0.15) is 4.31 Å². The lowest BCUT2D eigenvalue weighted by Crippen LogP contribution is -2.49. The van der Waals surface area contributed by atoms with E-state index in [2.05, 4.69) is 16.0 Å². The van der Waals surface area contributed by atoms with Crippen molar-refractivity contribution in [2.45, 2.75) is 70.4 Å². The predicted octanol–water partition coefficient (Wildman–Crippen LogP) is 2.68. The van der Waals surface area contributed by atoms with Crippen LogP contribution in [0.1, 0.15) is 53.9 Å². The first-order chi connectivity index (χ1) is 14.4. The number of anilines is 1. The average Bonchev–Trinajstić information content (AvgIpc) is 2.65. The Morgan fingerprint density at radius 2 is 1.77 bits per heavy atom. The third-order valence-corrected chi connectivity index (χ3v) is 6.34. The van der Waals surface area contributed by atoms with E-state index in [0.29, 0.717) is 24.5 Å². The van der Waals surface area contributed by atoms with Crippen LogP contribution in [0.2, 0.25) is 0 Å². The van der Waals surface area contributed by atoms with E-state index in [1.165, 1.54) is 16.4 Å². The first kappa shape index (κ1) is 24.9. The number of urea groups is 1. The number of amides is 3. The first-order valence-corrected chi connectivity index (χ1v) is 12.0. The Balaban J connectivity index is 2.16. The zero-order valence-electron chi connectivity index (χ0n) is 18.9. The van der Waals surface area contributed by atoms with Gasteiger partial charge in [0.15, 0.2) is 0 Å². The molecular weight excluding hydrogens is 420 g/mol. The Morgan fingerprint density at radius 3 is 2.35 bits per heavy atom. The van der Waals surface area contributed by atoms with Gasteiger partial charge in [-0.3, -0.25) is 10.1 Å². The Morgan fingerprint density at radius 1 is 1.13 bits per heavy atom. The summed E-state index contributed by atoms with van der Waals surface area (Å²) in [5.74, 6) is -0.124. The third kappa shape index (κ3) is 7.70. The summed E-state index contributed by atoms with van der Waals surface area (Å²) >= 11 is 0. The molecule has 0 spiro atoms. The number of imide groups is 1. The van der Waals surface area contributed by atoms with E-state index in [1.807, 2.05) is 13.8 Å².